The Hall–Kier alpha value is -1.88. The van der Waals surface area contributed by atoms with E-state index in [0.29, 0.717) is 28.7 Å². The number of halogens is 2. The minimum absolute atomic E-state index is 0. The van der Waals surface area contributed by atoms with Crippen molar-refractivity contribution in [3.8, 4) is 5.75 Å². The Balaban J connectivity index is 0.00000294. The number of sulfonamides is 1. The molecule has 2 unspecified atom stereocenters. The molecule has 0 aliphatic carbocycles. The summed E-state index contributed by atoms with van der Waals surface area (Å²) in [6, 6.07) is 16.7. The second kappa shape index (κ2) is 15.5. The molecule has 2 N–H and O–H groups in total. The van der Waals surface area contributed by atoms with Crippen molar-refractivity contribution in [3.05, 3.63) is 70.4 Å². The van der Waals surface area contributed by atoms with Crippen LogP contribution in [0, 0.1) is 19.8 Å². The number of aryl methyl sites for hydroxylation is 2. The molecule has 4 rings (SSSR count). The molecule has 2 atom stereocenters. The van der Waals surface area contributed by atoms with Crippen LogP contribution < -0.4 is 19.7 Å². The molecule has 0 bridgehead atoms. The summed E-state index contributed by atoms with van der Waals surface area (Å²) < 4.78 is 35.9. The second-order valence-corrected chi connectivity index (χ2v) is 14.2. The molecule has 1 aliphatic rings. The molecule has 1 saturated heterocycles. The lowest BCUT2D eigenvalue weighted by molar-refractivity contribution is 0.238. The van der Waals surface area contributed by atoms with Gasteiger partial charge in [-0.3, -0.25) is 4.31 Å². The van der Waals surface area contributed by atoms with Gasteiger partial charge >= 0.3 is 0 Å². The molecule has 0 saturated carbocycles. The maximum Gasteiger partial charge on any atom is 0.275 e. The van der Waals surface area contributed by atoms with Crippen molar-refractivity contribution in [2.75, 3.05) is 17.4 Å². The quantitative estimate of drug-likeness (QED) is 0.239. The average molecular weight is 644 g/mol. The normalized spacial score (nSPS) is 17.2. The lowest BCUT2D eigenvalue weighted by Crippen LogP contribution is -2.45. The van der Waals surface area contributed by atoms with E-state index < -0.39 is 10.0 Å². The largest absolute Gasteiger partial charge is 0.491 e. The van der Waals surface area contributed by atoms with E-state index in [4.69, 9.17) is 4.74 Å². The number of thiazole rings is 1. The number of benzene rings is 2. The number of hydrogen-bond acceptors (Lipinski definition) is 7. The lowest BCUT2D eigenvalue weighted by atomic mass is 9.92. The molecule has 1 aromatic heterocycles. The molecule has 3 aromatic rings. The van der Waals surface area contributed by atoms with E-state index in [1.807, 2.05) is 58.9 Å². The van der Waals surface area contributed by atoms with E-state index in [2.05, 4.69) is 39.9 Å². The average Bonchev–Trinajstić information content (AvgIpc) is 3.25. The smallest absolute Gasteiger partial charge is 0.275 e. The predicted molar refractivity (Wildman–Crippen MR) is 175 cm³/mol. The van der Waals surface area contributed by atoms with E-state index in [0.717, 1.165) is 35.7 Å². The minimum atomic E-state index is -3.77. The first-order valence-electron chi connectivity index (χ1n) is 13.8. The SMILES string of the molecule is Cc1nc(C)c(S(=O)(=O)N(CC(C)C)c2ccc(OC(C)C)c(CNC3CCCNC3c3ccccc3)c2)s1.Cl.Cl. The zero-order chi connectivity index (χ0) is 28.2. The molecule has 2 heterocycles. The highest BCUT2D eigenvalue weighted by molar-refractivity contribution is 7.94. The first-order chi connectivity index (χ1) is 18.6. The summed E-state index contributed by atoms with van der Waals surface area (Å²) in [5.74, 6) is 0.912. The molecule has 0 radical (unpaired) electrons. The fourth-order valence-electron chi connectivity index (χ4n) is 5.11. The monoisotopic (exact) mass is 642 g/mol. The van der Waals surface area contributed by atoms with Gasteiger partial charge in [0.1, 0.15) is 5.75 Å². The summed E-state index contributed by atoms with van der Waals surface area (Å²) in [5.41, 5.74) is 3.40. The van der Waals surface area contributed by atoms with Crippen molar-refractivity contribution in [1.29, 1.82) is 0 Å². The summed E-state index contributed by atoms with van der Waals surface area (Å²) in [4.78, 5) is 4.39. The Morgan fingerprint density at radius 1 is 1.10 bits per heavy atom. The molecule has 1 fully saturated rings. The van der Waals surface area contributed by atoms with Gasteiger partial charge < -0.3 is 15.4 Å². The highest BCUT2D eigenvalue weighted by atomic mass is 35.5. The van der Waals surface area contributed by atoms with Crippen molar-refractivity contribution in [2.45, 2.75) is 83.3 Å². The Morgan fingerprint density at radius 3 is 2.41 bits per heavy atom. The van der Waals surface area contributed by atoms with Gasteiger partial charge in [-0.2, -0.15) is 0 Å². The first kappa shape index (κ1) is 35.3. The van der Waals surface area contributed by atoms with Gasteiger partial charge in [0.05, 0.1) is 22.5 Å². The van der Waals surface area contributed by atoms with Gasteiger partial charge in [-0.25, -0.2) is 13.4 Å². The van der Waals surface area contributed by atoms with Gasteiger partial charge in [-0.1, -0.05) is 44.2 Å². The third-order valence-corrected chi connectivity index (χ3v) is 10.2. The van der Waals surface area contributed by atoms with Crippen LogP contribution in [0.3, 0.4) is 0 Å². The van der Waals surface area contributed by atoms with Gasteiger partial charge in [0, 0.05) is 30.7 Å². The molecule has 0 spiro atoms. The van der Waals surface area contributed by atoms with Gasteiger partial charge in [0.2, 0.25) is 0 Å². The summed E-state index contributed by atoms with van der Waals surface area (Å²) >= 11 is 1.23. The number of ether oxygens (including phenoxy) is 1. The third kappa shape index (κ3) is 8.81. The fourth-order valence-corrected chi connectivity index (χ4v) is 8.32. The number of anilines is 1. The second-order valence-electron chi connectivity index (χ2n) is 11.0. The van der Waals surface area contributed by atoms with E-state index in [9.17, 15) is 8.42 Å². The van der Waals surface area contributed by atoms with Gasteiger partial charge in [-0.05, 0) is 76.8 Å². The summed E-state index contributed by atoms with van der Waals surface area (Å²) in [5, 5.41) is 8.20. The Kier molecular flexibility index (Phi) is 13.4. The van der Waals surface area contributed by atoms with Crippen LogP contribution in [0.1, 0.15) is 68.4 Å². The van der Waals surface area contributed by atoms with Gasteiger partial charge in [-0.15, -0.1) is 36.2 Å². The molecule has 228 valence electrons. The number of nitrogens with zero attached hydrogens (tertiary/aromatic N) is 2. The molecule has 2 aromatic carbocycles. The topological polar surface area (TPSA) is 83.6 Å². The highest BCUT2D eigenvalue weighted by Crippen LogP contribution is 2.34. The molecule has 0 amide bonds. The maximum absolute atomic E-state index is 13.9. The summed E-state index contributed by atoms with van der Waals surface area (Å²) in [7, 11) is -3.77. The predicted octanol–water partition coefficient (Wildman–Crippen LogP) is 6.82. The fraction of sp³-hybridized carbons (Fsp3) is 0.500. The van der Waals surface area contributed by atoms with Crippen LogP contribution >= 0.6 is 36.2 Å². The number of aromatic nitrogens is 1. The number of hydrogen-bond donors (Lipinski definition) is 2. The first-order valence-corrected chi connectivity index (χ1v) is 16.1. The number of rotatable bonds is 11. The standard InChI is InChI=1S/C30H42N4O3S2.2ClH/c1-20(2)19-34(39(35,36)30-22(5)33-23(6)38-30)26-14-15-28(37-21(3)4)25(17-26)18-32-27-13-10-16-31-29(27)24-11-8-7-9-12-24;;/h7-9,11-12,14-15,17,20-21,27,29,31-32H,10,13,16,18-19H2,1-6H3;2*1H. The van der Waals surface area contributed by atoms with E-state index >= 15 is 0 Å². The zero-order valence-corrected chi connectivity index (χ0v) is 28.0. The van der Waals surface area contributed by atoms with Crippen molar-refractivity contribution in [3.63, 3.8) is 0 Å². The zero-order valence-electron chi connectivity index (χ0n) is 24.7. The van der Waals surface area contributed by atoms with E-state index in [1.165, 1.54) is 21.2 Å². The van der Waals surface area contributed by atoms with Crippen LogP contribution in [0.2, 0.25) is 0 Å². The van der Waals surface area contributed by atoms with Crippen LogP contribution in [0.5, 0.6) is 5.75 Å². The van der Waals surface area contributed by atoms with E-state index in [1.54, 1.807) is 6.92 Å². The van der Waals surface area contributed by atoms with Crippen molar-refractivity contribution in [1.82, 2.24) is 15.6 Å². The molecule has 1 aliphatic heterocycles. The molecular formula is C30H44Cl2N4O3S2. The van der Waals surface area contributed by atoms with Crippen LogP contribution in [-0.4, -0.2) is 38.6 Å². The highest BCUT2D eigenvalue weighted by Gasteiger charge is 2.31. The van der Waals surface area contributed by atoms with Crippen LogP contribution in [0.15, 0.2) is 52.7 Å². The third-order valence-electron chi connectivity index (χ3n) is 6.78. The Morgan fingerprint density at radius 2 is 1.80 bits per heavy atom. The van der Waals surface area contributed by atoms with Crippen molar-refractivity contribution >= 4 is 51.9 Å². The number of piperidine rings is 1. The molecule has 11 heteroatoms. The summed E-state index contributed by atoms with van der Waals surface area (Å²) in [6.45, 7) is 13.6. The number of nitrogens with one attached hydrogen (secondary N) is 2. The maximum atomic E-state index is 13.9. The Bertz CT molecular complexity index is 1350. The Labute approximate surface area is 262 Å². The minimum Gasteiger partial charge on any atom is -0.491 e. The van der Waals surface area contributed by atoms with Gasteiger partial charge in [0.25, 0.3) is 10.0 Å². The van der Waals surface area contributed by atoms with Crippen LogP contribution in [-0.2, 0) is 16.6 Å². The lowest BCUT2D eigenvalue weighted by Gasteiger charge is -2.34. The van der Waals surface area contributed by atoms with Gasteiger partial charge in [0.15, 0.2) is 4.21 Å². The summed E-state index contributed by atoms with van der Waals surface area (Å²) in [6.07, 6.45) is 2.16. The van der Waals surface area contributed by atoms with Crippen LogP contribution in [0.25, 0.3) is 0 Å². The van der Waals surface area contributed by atoms with Crippen LogP contribution in [0.4, 0.5) is 5.69 Å². The molecule has 41 heavy (non-hydrogen) atoms. The van der Waals surface area contributed by atoms with Crippen molar-refractivity contribution in [2.24, 2.45) is 5.92 Å². The van der Waals surface area contributed by atoms with E-state index in [-0.39, 0.29) is 48.9 Å². The molecular weight excluding hydrogens is 599 g/mol. The van der Waals surface area contributed by atoms with Crippen molar-refractivity contribution < 1.29 is 13.2 Å². The molecule has 7 nitrogen and oxygen atoms in total.